The number of fused-ring (bicyclic) bond motifs is 1. The summed E-state index contributed by atoms with van der Waals surface area (Å²) in [7, 11) is -3.66. The zero-order valence-electron chi connectivity index (χ0n) is 15.5. The number of aryl methyl sites for hydroxylation is 2. The van der Waals surface area contributed by atoms with Crippen molar-refractivity contribution in [2.45, 2.75) is 20.8 Å². The molecule has 1 aromatic carbocycles. The van der Waals surface area contributed by atoms with Crippen LogP contribution in [0.1, 0.15) is 28.4 Å². The van der Waals surface area contributed by atoms with E-state index in [-0.39, 0.29) is 18.0 Å². The van der Waals surface area contributed by atoms with E-state index in [1.165, 1.54) is 10.9 Å². The molecule has 0 bridgehead atoms. The molecule has 2 aromatic heterocycles. The Morgan fingerprint density at radius 3 is 2.67 bits per heavy atom. The Morgan fingerprint density at radius 1 is 1.26 bits per heavy atom. The zero-order valence-corrected chi connectivity index (χ0v) is 16.3. The zero-order chi connectivity index (χ0) is 19.8. The van der Waals surface area contributed by atoms with Crippen LogP contribution in [0.5, 0.6) is 0 Å². The Hall–Kier alpha value is -2.94. The largest absolute Gasteiger partial charge is 0.462 e. The molecule has 2 heterocycles. The number of carbonyl (C=O) groups excluding carboxylic acids is 1. The van der Waals surface area contributed by atoms with Gasteiger partial charge in [0.05, 0.1) is 24.6 Å². The molecule has 0 unspecified atom stereocenters. The van der Waals surface area contributed by atoms with Crippen LogP contribution >= 0.6 is 0 Å². The number of esters is 1. The highest BCUT2D eigenvalue weighted by molar-refractivity contribution is 7.92. The number of nitrogens with one attached hydrogen (secondary N) is 1. The third-order valence-electron chi connectivity index (χ3n) is 4.00. The first kappa shape index (κ1) is 18.8. The third kappa shape index (κ3) is 3.77. The molecule has 0 fully saturated rings. The van der Waals surface area contributed by atoms with Gasteiger partial charge in [-0.15, -0.1) is 0 Å². The molecule has 0 saturated carbocycles. The van der Waals surface area contributed by atoms with Gasteiger partial charge < -0.3 is 4.74 Å². The van der Waals surface area contributed by atoms with Crippen molar-refractivity contribution in [3.63, 3.8) is 0 Å². The molecule has 0 aliphatic heterocycles. The molecule has 0 spiro atoms. The third-order valence-corrected chi connectivity index (χ3v) is 4.56. The average molecular weight is 388 g/mol. The van der Waals surface area contributed by atoms with Gasteiger partial charge in [0.1, 0.15) is 5.56 Å². The lowest BCUT2D eigenvalue weighted by Crippen LogP contribution is -2.17. The van der Waals surface area contributed by atoms with Crippen molar-refractivity contribution >= 4 is 32.7 Å². The van der Waals surface area contributed by atoms with Gasteiger partial charge in [0.15, 0.2) is 11.6 Å². The Kier molecular flexibility index (Phi) is 4.88. The molecular weight excluding hydrogens is 368 g/mol. The molecule has 3 aromatic rings. The summed E-state index contributed by atoms with van der Waals surface area (Å²) < 4.78 is 32.3. The van der Waals surface area contributed by atoms with E-state index in [4.69, 9.17) is 4.74 Å². The number of carbonyl (C=O) groups is 1. The van der Waals surface area contributed by atoms with Crippen LogP contribution in [-0.2, 0) is 14.8 Å². The number of nitrogens with zero attached hydrogens (tertiary/aromatic N) is 3. The lowest BCUT2D eigenvalue weighted by atomic mass is 10.1. The smallest absolute Gasteiger partial charge is 0.343 e. The van der Waals surface area contributed by atoms with Crippen LogP contribution in [0.15, 0.2) is 30.5 Å². The van der Waals surface area contributed by atoms with Crippen molar-refractivity contribution in [2.24, 2.45) is 0 Å². The van der Waals surface area contributed by atoms with E-state index in [0.717, 1.165) is 28.3 Å². The first-order chi connectivity index (χ1) is 12.7. The molecule has 27 heavy (non-hydrogen) atoms. The van der Waals surface area contributed by atoms with Crippen LogP contribution in [0.25, 0.3) is 16.7 Å². The number of sulfonamides is 1. The van der Waals surface area contributed by atoms with Crippen molar-refractivity contribution in [3.05, 3.63) is 47.2 Å². The summed E-state index contributed by atoms with van der Waals surface area (Å²) in [4.78, 5) is 16.8. The van der Waals surface area contributed by atoms with Crippen molar-refractivity contribution in [3.8, 4) is 5.82 Å². The standard InChI is InChI=1S/C18H20N4O4S/c1-5-26-18(23)14-10-19-22(17(14)21-27(4,24)25)15-9-12(3)13-8-6-7-11(2)16(13)20-15/h6-10,21H,5H2,1-4H3. The van der Waals surface area contributed by atoms with E-state index in [9.17, 15) is 13.2 Å². The van der Waals surface area contributed by atoms with Crippen LogP contribution in [0, 0.1) is 13.8 Å². The molecule has 1 N–H and O–H groups in total. The monoisotopic (exact) mass is 388 g/mol. The summed E-state index contributed by atoms with van der Waals surface area (Å²) in [6, 6.07) is 7.66. The highest BCUT2D eigenvalue weighted by Gasteiger charge is 2.23. The van der Waals surface area contributed by atoms with Crippen molar-refractivity contribution in [1.82, 2.24) is 14.8 Å². The molecule has 0 aliphatic carbocycles. The molecule has 0 atom stereocenters. The maximum Gasteiger partial charge on any atom is 0.343 e. The Labute approximate surface area is 157 Å². The summed E-state index contributed by atoms with van der Waals surface area (Å²) >= 11 is 0. The van der Waals surface area contributed by atoms with E-state index >= 15 is 0 Å². The number of anilines is 1. The van der Waals surface area contributed by atoms with Crippen molar-refractivity contribution < 1.29 is 17.9 Å². The number of para-hydroxylation sites is 1. The Bertz CT molecular complexity index is 1140. The minimum absolute atomic E-state index is 0.00390. The Morgan fingerprint density at radius 2 is 2.00 bits per heavy atom. The lowest BCUT2D eigenvalue weighted by Gasteiger charge is -2.12. The van der Waals surface area contributed by atoms with Gasteiger partial charge in [-0.25, -0.2) is 18.2 Å². The number of pyridine rings is 1. The summed E-state index contributed by atoms with van der Waals surface area (Å²) in [5.41, 5.74) is 2.74. The van der Waals surface area contributed by atoms with Crippen LogP contribution in [0.4, 0.5) is 5.82 Å². The lowest BCUT2D eigenvalue weighted by molar-refractivity contribution is 0.0527. The second kappa shape index (κ2) is 6.99. The first-order valence-electron chi connectivity index (χ1n) is 8.31. The predicted octanol–water partition coefficient (Wildman–Crippen LogP) is 2.59. The van der Waals surface area contributed by atoms with E-state index in [1.807, 2.05) is 32.0 Å². The highest BCUT2D eigenvalue weighted by Crippen LogP contribution is 2.26. The SMILES string of the molecule is CCOC(=O)c1cnn(-c2cc(C)c3cccc(C)c3n2)c1NS(C)(=O)=O. The predicted molar refractivity (Wildman–Crippen MR) is 103 cm³/mol. The average Bonchev–Trinajstić information content (AvgIpc) is 2.97. The van der Waals surface area contributed by atoms with E-state index in [2.05, 4.69) is 14.8 Å². The van der Waals surface area contributed by atoms with Gasteiger partial charge in [-0.2, -0.15) is 9.78 Å². The molecular formula is C18H20N4O4S. The normalized spacial score (nSPS) is 11.6. The van der Waals surface area contributed by atoms with Gasteiger partial charge in [0, 0.05) is 5.39 Å². The number of benzene rings is 1. The number of ether oxygens (including phenoxy) is 1. The quantitative estimate of drug-likeness (QED) is 0.674. The fourth-order valence-corrected chi connectivity index (χ4v) is 3.35. The molecule has 142 valence electrons. The summed E-state index contributed by atoms with van der Waals surface area (Å²) in [6.07, 6.45) is 2.27. The van der Waals surface area contributed by atoms with Gasteiger partial charge in [0.2, 0.25) is 10.0 Å². The Balaban J connectivity index is 2.23. The summed E-state index contributed by atoms with van der Waals surface area (Å²) in [5, 5.41) is 5.17. The molecule has 9 heteroatoms. The number of rotatable bonds is 5. The van der Waals surface area contributed by atoms with Crippen LogP contribution in [0.3, 0.4) is 0 Å². The minimum atomic E-state index is -3.66. The van der Waals surface area contributed by atoms with E-state index < -0.39 is 16.0 Å². The summed E-state index contributed by atoms with van der Waals surface area (Å²) in [5.74, 6) is -0.268. The van der Waals surface area contributed by atoms with Gasteiger partial charge in [-0.05, 0) is 38.0 Å². The van der Waals surface area contributed by atoms with Crippen LogP contribution in [-0.4, -0.2) is 42.0 Å². The first-order valence-corrected chi connectivity index (χ1v) is 10.2. The fraction of sp³-hybridized carbons (Fsp3) is 0.278. The van der Waals surface area contributed by atoms with E-state index in [0.29, 0.717) is 5.82 Å². The molecule has 0 radical (unpaired) electrons. The maximum absolute atomic E-state index is 12.2. The summed E-state index contributed by atoms with van der Waals surface area (Å²) in [6.45, 7) is 5.71. The number of hydrogen-bond acceptors (Lipinski definition) is 6. The number of aromatic nitrogens is 3. The van der Waals surface area contributed by atoms with Gasteiger partial charge in [0.25, 0.3) is 0 Å². The molecule has 3 rings (SSSR count). The van der Waals surface area contributed by atoms with Gasteiger partial charge in [-0.1, -0.05) is 18.2 Å². The van der Waals surface area contributed by atoms with Crippen molar-refractivity contribution in [1.29, 1.82) is 0 Å². The van der Waals surface area contributed by atoms with Gasteiger partial charge >= 0.3 is 5.97 Å². The minimum Gasteiger partial charge on any atom is -0.462 e. The highest BCUT2D eigenvalue weighted by atomic mass is 32.2. The fourth-order valence-electron chi connectivity index (χ4n) is 2.81. The van der Waals surface area contributed by atoms with Gasteiger partial charge in [-0.3, -0.25) is 4.72 Å². The maximum atomic E-state index is 12.2. The second-order valence-corrected chi connectivity index (χ2v) is 7.93. The van der Waals surface area contributed by atoms with E-state index in [1.54, 1.807) is 13.0 Å². The second-order valence-electron chi connectivity index (χ2n) is 6.18. The topological polar surface area (TPSA) is 103 Å². The van der Waals surface area contributed by atoms with Crippen molar-refractivity contribution in [2.75, 3.05) is 17.6 Å². The van der Waals surface area contributed by atoms with Crippen LogP contribution < -0.4 is 4.72 Å². The number of hydrogen-bond donors (Lipinski definition) is 1. The molecule has 8 nitrogen and oxygen atoms in total. The molecule has 0 aliphatic rings. The molecule has 0 saturated heterocycles. The molecule has 0 amide bonds. The van der Waals surface area contributed by atoms with Crippen LogP contribution in [0.2, 0.25) is 0 Å².